The minimum Gasteiger partial charge on any atom is -0.394 e. The van der Waals surface area contributed by atoms with Crippen LogP contribution in [0.4, 0.5) is 24.7 Å². The van der Waals surface area contributed by atoms with Gasteiger partial charge < -0.3 is 15.2 Å². The molecule has 7 nitrogen and oxygen atoms in total. The maximum atomic E-state index is 12.7. The van der Waals surface area contributed by atoms with Crippen molar-refractivity contribution in [2.75, 3.05) is 17.2 Å². The number of rotatable bonds is 1. The Morgan fingerprint density at radius 2 is 2.00 bits per heavy atom. The summed E-state index contributed by atoms with van der Waals surface area (Å²) in [7, 11) is 1.73. The lowest BCUT2D eigenvalue weighted by molar-refractivity contribution is -0.147. The Labute approximate surface area is 111 Å². The quantitative estimate of drug-likeness (QED) is 0.832. The Morgan fingerprint density at radius 3 is 2.60 bits per heavy atom. The lowest BCUT2D eigenvalue weighted by Crippen LogP contribution is -2.36. The van der Waals surface area contributed by atoms with E-state index in [1.54, 1.807) is 22.8 Å². The zero-order valence-electron chi connectivity index (χ0n) is 10.6. The van der Waals surface area contributed by atoms with Gasteiger partial charge in [-0.05, 0) is 0 Å². The number of nitrogen functional groups attached to an aromatic ring is 1. The number of aryl methyl sites for hydroxylation is 1. The van der Waals surface area contributed by atoms with Crippen LogP contribution < -0.4 is 10.6 Å². The SMILES string of the molecule is Cn1cc(N)c(N2CCn3c(nnc3C(F)(F)F)C2)n1. The Balaban J connectivity index is 1.90. The molecule has 2 N–H and O–H groups in total. The number of aromatic nitrogens is 5. The maximum Gasteiger partial charge on any atom is 0.451 e. The van der Waals surface area contributed by atoms with Crippen LogP contribution in [0.5, 0.6) is 0 Å². The summed E-state index contributed by atoms with van der Waals surface area (Å²) < 4.78 is 40.8. The minimum atomic E-state index is -4.49. The second-order valence-electron chi connectivity index (χ2n) is 4.59. The Hall–Kier alpha value is -2.26. The van der Waals surface area contributed by atoms with E-state index in [4.69, 9.17) is 5.73 Å². The summed E-state index contributed by atoms with van der Waals surface area (Å²) in [6.45, 7) is 0.715. The molecule has 20 heavy (non-hydrogen) atoms. The molecule has 0 aliphatic carbocycles. The van der Waals surface area contributed by atoms with Gasteiger partial charge in [-0.1, -0.05) is 0 Å². The first-order valence-electron chi connectivity index (χ1n) is 5.89. The van der Waals surface area contributed by atoms with Crippen LogP contribution >= 0.6 is 0 Å². The maximum absolute atomic E-state index is 12.7. The molecule has 0 spiro atoms. The van der Waals surface area contributed by atoms with Gasteiger partial charge in [0.1, 0.15) is 0 Å². The lowest BCUT2D eigenvalue weighted by Gasteiger charge is -2.28. The second-order valence-corrected chi connectivity index (χ2v) is 4.59. The van der Waals surface area contributed by atoms with Crippen molar-refractivity contribution in [3.63, 3.8) is 0 Å². The average molecular weight is 287 g/mol. The molecule has 0 aromatic carbocycles. The molecule has 0 unspecified atom stereocenters. The Morgan fingerprint density at radius 1 is 1.25 bits per heavy atom. The molecule has 1 aliphatic rings. The van der Waals surface area contributed by atoms with E-state index >= 15 is 0 Å². The van der Waals surface area contributed by atoms with Crippen LogP contribution in [-0.4, -0.2) is 31.1 Å². The number of fused-ring (bicyclic) bond motifs is 1. The highest BCUT2D eigenvalue weighted by Crippen LogP contribution is 2.31. The number of hydrogen-bond acceptors (Lipinski definition) is 5. The zero-order valence-corrected chi connectivity index (χ0v) is 10.6. The lowest BCUT2D eigenvalue weighted by atomic mass is 10.3. The first-order valence-corrected chi connectivity index (χ1v) is 5.89. The summed E-state index contributed by atoms with van der Waals surface area (Å²) in [6.07, 6.45) is -2.84. The molecule has 0 saturated carbocycles. The van der Waals surface area contributed by atoms with Crippen molar-refractivity contribution in [1.29, 1.82) is 0 Å². The van der Waals surface area contributed by atoms with Gasteiger partial charge in [0.25, 0.3) is 0 Å². The molecule has 2 aromatic heterocycles. The van der Waals surface area contributed by atoms with Crippen LogP contribution in [0.3, 0.4) is 0 Å². The predicted octanol–water partition coefficient (Wildman–Crippen LogP) is 0.633. The van der Waals surface area contributed by atoms with Crippen molar-refractivity contribution in [2.45, 2.75) is 19.3 Å². The van der Waals surface area contributed by atoms with Crippen molar-refractivity contribution in [1.82, 2.24) is 24.5 Å². The van der Waals surface area contributed by atoms with Gasteiger partial charge in [-0.3, -0.25) is 4.68 Å². The minimum absolute atomic E-state index is 0.146. The molecule has 10 heteroatoms. The van der Waals surface area contributed by atoms with Gasteiger partial charge in [-0.2, -0.15) is 18.3 Å². The fourth-order valence-electron chi connectivity index (χ4n) is 2.29. The third-order valence-corrected chi connectivity index (χ3v) is 3.14. The first kappa shape index (κ1) is 12.8. The number of alkyl halides is 3. The van der Waals surface area contributed by atoms with Gasteiger partial charge in [-0.15, -0.1) is 10.2 Å². The molecule has 0 atom stereocenters. The molecule has 108 valence electrons. The fourth-order valence-corrected chi connectivity index (χ4v) is 2.29. The van der Waals surface area contributed by atoms with Gasteiger partial charge in [0, 0.05) is 26.3 Å². The molecule has 0 saturated heterocycles. The van der Waals surface area contributed by atoms with Gasteiger partial charge in [0.15, 0.2) is 11.6 Å². The number of hydrogen-bond donors (Lipinski definition) is 1. The normalized spacial score (nSPS) is 15.5. The smallest absolute Gasteiger partial charge is 0.394 e. The largest absolute Gasteiger partial charge is 0.451 e. The molecule has 0 amide bonds. The van der Waals surface area contributed by atoms with Crippen molar-refractivity contribution < 1.29 is 13.2 Å². The van der Waals surface area contributed by atoms with Crippen molar-refractivity contribution in [2.24, 2.45) is 7.05 Å². The summed E-state index contributed by atoms with van der Waals surface area (Å²) in [5.41, 5.74) is 6.30. The number of halogens is 3. The molecule has 0 bridgehead atoms. The summed E-state index contributed by atoms with van der Waals surface area (Å²) in [5.74, 6) is -0.148. The summed E-state index contributed by atoms with van der Waals surface area (Å²) in [4.78, 5) is 1.79. The van der Waals surface area contributed by atoms with Crippen LogP contribution in [0.1, 0.15) is 11.6 Å². The molecule has 0 fully saturated rings. The first-order chi connectivity index (χ1) is 9.36. The van der Waals surface area contributed by atoms with E-state index in [-0.39, 0.29) is 18.9 Å². The van der Waals surface area contributed by atoms with E-state index in [1.807, 2.05) is 0 Å². The topological polar surface area (TPSA) is 77.8 Å². The molecule has 1 aliphatic heterocycles. The van der Waals surface area contributed by atoms with Crippen LogP contribution in [0.15, 0.2) is 6.20 Å². The molecular formula is C10H12F3N7. The van der Waals surface area contributed by atoms with E-state index in [0.29, 0.717) is 18.1 Å². The van der Waals surface area contributed by atoms with Gasteiger partial charge in [0.05, 0.1) is 12.2 Å². The standard InChI is InChI=1S/C10H12F3N7/c1-18-4-6(14)8(17-18)19-2-3-20-7(5-19)15-16-9(20)10(11,12)13/h4H,2-3,5,14H2,1H3. The number of anilines is 2. The van der Waals surface area contributed by atoms with Gasteiger partial charge in [0.2, 0.25) is 5.82 Å². The van der Waals surface area contributed by atoms with Crippen LogP contribution in [0.25, 0.3) is 0 Å². The van der Waals surface area contributed by atoms with Crippen LogP contribution in [0.2, 0.25) is 0 Å². The van der Waals surface area contributed by atoms with Crippen molar-refractivity contribution in [3.05, 3.63) is 17.8 Å². The highest BCUT2D eigenvalue weighted by Gasteiger charge is 2.39. The number of nitrogens with two attached hydrogens (primary N) is 1. The van der Waals surface area contributed by atoms with E-state index in [0.717, 1.165) is 4.57 Å². The number of nitrogens with zero attached hydrogens (tertiary/aromatic N) is 6. The third-order valence-electron chi connectivity index (χ3n) is 3.14. The molecule has 3 rings (SSSR count). The van der Waals surface area contributed by atoms with Crippen LogP contribution in [-0.2, 0) is 26.3 Å². The molecular weight excluding hydrogens is 275 g/mol. The summed E-state index contributed by atoms with van der Waals surface area (Å²) in [6, 6.07) is 0. The van der Waals surface area contributed by atoms with Crippen LogP contribution in [0, 0.1) is 0 Å². The van der Waals surface area contributed by atoms with E-state index in [1.165, 1.54) is 0 Å². The Kier molecular flexibility index (Phi) is 2.63. The van der Waals surface area contributed by atoms with E-state index in [9.17, 15) is 13.2 Å². The molecule has 0 radical (unpaired) electrons. The fraction of sp³-hybridized carbons (Fsp3) is 0.500. The second kappa shape index (κ2) is 4.12. The predicted molar refractivity (Wildman–Crippen MR) is 63.7 cm³/mol. The summed E-state index contributed by atoms with van der Waals surface area (Å²) in [5, 5.41) is 11.0. The van der Waals surface area contributed by atoms with Gasteiger partial charge in [-0.25, -0.2) is 0 Å². The zero-order chi connectivity index (χ0) is 14.5. The van der Waals surface area contributed by atoms with E-state index < -0.39 is 12.0 Å². The Bertz CT molecular complexity index is 642. The van der Waals surface area contributed by atoms with Crippen molar-refractivity contribution >= 4 is 11.5 Å². The van der Waals surface area contributed by atoms with Gasteiger partial charge >= 0.3 is 6.18 Å². The average Bonchev–Trinajstić information content (AvgIpc) is 2.90. The highest BCUT2D eigenvalue weighted by atomic mass is 19.4. The highest BCUT2D eigenvalue weighted by molar-refractivity contribution is 5.61. The third kappa shape index (κ3) is 1.96. The molecule has 3 heterocycles. The molecule has 2 aromatic rings. The summed E-state index contributed by atoms with van der Waals surface area (Å²) >= 11 is 0. The monoisotopic (exact) mass is 287 g/mol. The van der Waals surface area contributed by atoms with E-state index in [2.05, 4.69) is 15.3 Å². The van der Waals surface area contributed by atoms with Crippen molar-refractivity contribution in [3.8, 4) is 0 Å².